The van der Waals surface area contributed by atoms with Crippen molar-refractivity contribution in [1.29, 1.82) is 5.26 Å². The van der Waals surface area contributed by atoms with E-state index >= 15 is 0 Å². The summed E-state index contributed by atoms with van der Waals surface area (Å²) in [5.74, 6) is 1.26. The number of anilines is 2. The lowest BCUT2D eigenvalue weighted by Gasteiger charge is -2.11. The molecule has 146 valence electrons. The van der Waals surface area contributed by atoms with E-state index in [4.69, 9.17) is 5.26 Å². The van der Waals surface area contributed by atoms with Gasteiger partial charge in [0.1, 0.15) is 11.5 Å². The van der Waals surface area contributed by atoms with E-state index in [1.54, 1.807) is 30.3 Å². The highest BCUT2D eigenvalue weighted by molar-refractivity contribution is 5.93. The van der Waals surface area contributed by atoms with Crippen molar-refractivity contribution in [3.8, 4) is 17.5 Å². The number of carbonyl (C=O) groups excluding carboxylic acids is 1. The van der Waals surface area contributed by atoms with E-state index in [2.05, 4.69) is 40.5 Å². The molecule has 0 saturated carbocycles. The number of nitrogens with zero attached hydrogens (tertiary/aromatic N) is 3. The van der Waals surface area contributed by atoms with E-state index in [0.717, 1.165) is 17.7 Å². The smallest absolute Gasteiger partial charge is 0.270 e. The molecule has 0 atom stereocenters. The Morgan fingerprint density at radius 3 is 2.45 bits per heavy atom. The predicted molar refractivity (Wildman–Crippen MR) is 114 cm³/mol. The van der Waals surface area contributed by atoms with Crippen LogP contribution in [-0.4, -0.2) is 22.4 Å². The van der Waals surface area contributed by atoms with Gasteiger partial charge in [-0.05, 0) is 36.6 Å². The van der Waals surface area contributed by atoms with Crippen molar-refractivity contribution >= 4 is 17.4 Å². The third-order valence-corrected chi connectivity index (χ3v) is 4.28. The highest BCUT2D eigenvalue weighted by atomic mass is 16.1. The van der Waals surface area contributed by atoms with Crippen molar-refractivity contribution in [3.05, 3.63) is 71.9 Å². The second-order valence-corrected chi connectivity index (χ2v) is 7.08. The van der Waals surface area contributed by atoms with Gasteiger partial charge in [0.25, 0.3) is 5.91 Å². The summed E-state index contributed by atoms with van der Waals surface area (Å²) in [6.07, 6.45) is 0.902. The Kier molecular flexibility index (Phi) is 6.54. The molecule has 6 nitrogen and oxygen atoms in total. The first-order valence-electron chi connectivity index (χ1n) is 9.55. The summed E-state index contributed by atoms with van der Waals surface area (Å²) in [5.41, 5.74) is 2.48. The van der Waals surface area contributed by atoms with Gasteiger partial charge < -0.3 is 10.6 Å². The molecule has 0 bridgehead atoms. The SMILES string of the molecule is CC(C)CCNC(=O)c1cc(Nc2ccc(C#N)cc2)nc(-c2ccccc2)n1. The maximum atomic E-state index is 12.6. The number of amides is 1. The molecule has 0 fully saturated rings. The van der Waals surface area contributed by atoms with Crippen LogP contribution in [-0.2, 0) is 0 Å². The molecule has 2 N–H and O–H groups in total. The van der Waals surface area contributed by atoms with E-state index in [-0.39, 0.29) is 5.91 Å². The average molecular weight is 385 g/mol. The van der Waals surface area contributed by atoms with Crippen LogP contribution >= 0.6 is 0 Å². The molecule has 0 saturated heterocycles. The Hall–Kier alpha value is -3.72. The van der Waals surface area contributed by atoms with Gasteiger partial charge in [-0.25, -0.2) is 9.97 Å². The number of rotatable bonds is 7. The summed E-state index contributed by atoms with van der Waals surface area (Å²) in [4.78, 5) is 21.7. The molecule has 0 radical (unpaired) electrons. The Morgan fingerprint density at radius 2 is 1.79 bits per heavy atom. The number of nitriles is 1. The molecule has 1 aromatic heterocycles. The number of benzene rings is 2. The third kappa shape index (κ3) is 5.63. The Balaban J connectivity index is 1.89. The summed E-state index contributed by atoms with van der Waals surface area (Å²) in [7, 11) is 0. The van der Waals surface area contributed by atoms with E-state index < -0.39 is 0 Å². The minimum Gasteiger partial charge on any atom is -0.351 e. The molecule has 2 aromatic carbocycles. The van der Waals surface area contributed by atoms with Gasteiger partial charge in [0.15, 0.2) is 5.82 Å². The van der Waals surface area contributed by atoms with Crippen molar-refractivity contribution in [2.45, 2.75) is 20.3 Å². The first kappa shape index (κ1) is 20.0. The fraction of sp³-hybridized carbons (Fsp3) is 0.217. The molecule has 0 aliphatic rings. The maximum Gasteiger partial charge on any atom is 0.270 e. The van der Waals surface area contributed by atoms with Gasteiger partial charge in [0, 0.05) is 23.9 Å². The number of aromatic nitrogens is 2. The normalized spacial score (nSPS) is 10.4. The highest BCUT2D eigenvalue weighted by Crippen LogP contribution is 2.21. The van der Waals surface area contributed by atoms with Crippen LogP contribution in [0.3, 0.4) is 0 Å². The first-order chi connectivity index (χ1) is 14.0. The largest absolute Gasteiger partial charge is 0.351 e. The lowest BCUT2D eigenvalue weighted by molar-refractivity contribution is 0.0947. The van der Waals surface area contributed by atoms with E-state index in [1.807, 2.05) is 30.3 Å². The molecule has 1 amide bonds. The Bertz CT molecular complexity index is 1010. The van der Waals surface area contributed by atoms with Crippen LogP contribution in [0.2, 0.25) is 0 Å². The minimum atomic E-state index is -0.229. The molecular formula is C23H23N5O. The quantitative estimate of drug-likeness (QED) is 0.623. The standard InChI is InChI=1S/C23H23N5O/c1-16(2)12-13-25-23(29)20-14-21(26-19-10-8-17(15-24)9-11-19)28-22(27-20)18-6-4-3-5-7-18/h3-11,14,16H,12-13H2,1-2H3,(H,25,29)(H,26,27,28). The molecule has 29 heavy (non-hydrogen) atoms. The molecule has 1 heterocycles. The van der Waals surface area contributed by atoms with E-state index in [1.165, 1.54) is 0 Å². The average Bonchev–Trinajstić information content (AvgIpc) is 2.74. The zero-order valence-electron chi connectivity index (χ0n) is 16.5. The van der Waals surface area contributed by atoms with Gasteiger partial charge in [-0.15, -0.1) is 0 Å². The number of nitrogens with one attached hydrogen (secondary N) is 2. The summed E-state index contributed by atoms with van der Waals surface area (Å²) in [6, 6.07) is 20.3. The molecular weight excluding hydrogens is 362 g/mol. The summed E-state index contributed by atoms with van der Waals surface area (Å²) >= 11 is 0. The number of hydrogen-bond donors (Lipinski definition) is 2. The molecule has 0 unspecified atom stereocenters. The van der Waals surface area contributed by atoms with Gasteiger partial charge in [-0.1, -0.05) is 44.2 Å². The number of carbonyl (C=O) groups is 1. The third-order valence-electron chi connectivity index (χ3n) is 4.28. The van der Waals surface area contributed by atoms with Crippen molar-refractivity contribution in [2.24, 2.45) is 5.92 Å². The minimum absolute atomic E-state index is 0.229. The van der Waals surface area contributed by atoms with Crippen LogP contribution in [0.1, 0.15) is 36.3 Å². The maximum absolute atomic E-state index is 12.6. The molecule has 6 heteroatoms. The van der Waals surface area contributed by atoms with Crippen molar-refractivity contribution < 1.29 is 4.79 Å². The van der Waals surface area contributed by atoms with E-state index in [9.17, 15) is 4.79 Å². The fourth-order valence-corrected chi connectivity index (χ4v) is 2.68. The predicted octanol–water partition coefficient (Wildman–Crippen LogP) is 4.53. The Labute approximate surface area is 170 Å². The van der Waals surface area contributed by atoms with Crippen LogP contribution in [0.5, 0.6) is 0 Å². The van der Waals surface area contributed by atoms with Crippen LogP contribution in [0.25, 0.3) is 11.4 Å². The molecule has 0 aliphatic carbocycles. The lowest BCUT2D eigenvalue weighted by atomic mass is 10.1. The summed E-state index contributed by atoms with van der Waals surface area (Å²) in [6.45, 7) is 4.83. The number of hydrogen-bond acceptors (Lipinski definition) is 5. The zero-order valence-corrected chi connectivity index (χ0v) is 16.5. The van der Waals surface area contributed by atoms with Crippen LogP contribution < -0.4 is 10.6 Å². The van der Waals surface area contributed by atoms with Gasteiger partial charge in [-0.3, -0.25) is 4.79 Å². The van der Waals surface area contributed by atoms with Crippen LogP contribution in [0, 0.1) is 17.2 Å². The second-order valence-electron chi connectivity index (χ2n) is 7.08. The van der Waals surface area contributed by atoms with Crippen molar-refractivity contribution in [2.75, 3.05) is 11.9 Å². The molecule has 0 spiro atoms. The van der Waals surface area contributed by atoms with E-state index in [0.29, 0.717) is 35.4 Å². The van der Waals surface area contributed by atoms with Crippen LogP contribution in [0.15, 0.2) is 60.7 Å². The molecule has 3 rings (SSSR count). The topological polar surface area (TPSA) is 90.7 Å². The van der Waals surface area contributed by atoms with Crippen molar-refractivity contribution in [1.82, 2.24) is 15.3 Å². The van der Waals surface area contributed by atoms with Crippen molar-refractivity contribution in [3.63, 3.8) is 0 Å². The fourth-order valence-electron chi connectivity index (χ4n) is 2.68. The molecule has 0 aliphatic heterocycles. The monoisotopic (exact) mass is 385 g/mol. The van der Waals surface area contributed by atoms with Gasteiger partial charge in [0.2, 0.25) is 0 Å². The van der Waals surface area contributed by atoms with Gasteiger partial charge >= 0.3 is 0 Å². The van der Waals surface area contributed by atoms with Gasteiger partial charge in [-0.2, -0.15) is 5.26 Å². The highest BCUT2D eigenvalue weighted by Gasteiger charge is 2.13. The molecule has 3 aromatic rings. The summed E-state index contributed by atoms with van der Waals surface area (Å²) < 4.78 is 0. The zero-order chi connectivity index (χ0) is 20.6. The lowest BCUT2D eigenvalue weighted by Crippen LogP contribution is -2.26. The Morgan fingerprint density at radius 1 is 1.07 bits per heavy atom. The van der Waals surface area contributed by atoms with Gasteiger partial charge in [0.05, 0.1) is 11.6 Å². The first-order valence-corrected chi connectivity index (χ1v) is 9.55. The second kappa shape index (κ2) is 9.47. The summed E-state index contributed by atoms with van der Waals surface area (Å²) in [5, 5.41) is 15.1. The van der Waals surface area contributed by atoms with Crippen LogP contribution in [0.4, 0.5) is 11.5 Å².